The predicted molar refractivity (Wildman–Crippen MR) is 46.4 cm³/mol. The molecular formula is C8H6F2O4S. The van der Waals surface area contributed by atoms with Crippen LogP contribution in [0.3, 0.4) is 0 Å². The number of benzene rings is 1. The van der Waals surface area contributed by atoms with Crippen molar-refractivity contribution in [3.05, 3.63) is 29.1 Å². The quantitative estimate of drug-likeness (QED) is 0.789. The highest BCUT2D eigenvalue weighted by molar-refractivity contribution is 7.86. The van der Waals surface area contributed by atoms with Gasteiger partial charge in [0.15, 0.2) is 0 Å². The van der Waals surface area contributed by atoms with Gasteiger partial charge >= 0.3 is 16.2 Å². The average molecular weight is 236 g/mol. The van der Waals surface area contributed by atoms with Crippen molar-refractivity contribution in [1.29, 1.82) is 0 Å². The lowest BCUT2D eigenvalue weighted by molar-refractivity contribution is 0.0695. The lowest BCUT2D eigenvalue weighted by atomic mass is 10.1. The van der Waals surface area contributed by atoms with E-state index in [0.717, 1.165) is 6.92 Å². The third-order valence-electron chi connectivity index (χ3n) is 1.83. The van der Waals surface area contributed by atoms with E-state index in [1.54, 1.807) is 0 Å². The molecule has 0 unspecified atom stereocenters. The number of carboxylic acids is 1. The second-order valence-corrected chi connectivity index (χ2v) is 4.17. The number of aromatic carboxylic acids is 1. The molecule has 1 aromatic carbocycles. The molecule has 0 atom stereocenters. The highest BCUT2D eigenvalue weighted by Crippen LogP contribution is 2.20. The van der Waals surface area contributed by atoms with Crippen molar-refractivity contribution < 1.29 is 26.6 Å². The van der Waals surface area contributed by atoms with Gasteiger partial charge in [-0.15, -0.1) is 3.89 Å². The van der Waals surface area contributed by atoms with E-state index < -0.39 is 32.5 Å². The fraction of sp³-hybridized carbons (Fsp3) is 0.125. The lowest BCUT2D eigenvalue weighted by Gasteiger charge is -2.03. The fourth-order valence-electron chi connectivity index (χ4n) is 1.02. The van der Waals surface area contributed by atoms with E-state index in [4.69, 9.17) is 5.11 Å². The topological polar surface area (TPSA) is 71.4 Å². The smallest absolute Gasteiger partial charge is 0.336 e. The summed E-state index contributed by atoms with van der Waals surface area (Å²) in [4.78, 5) is 9.57. The molecular weight excluding hydrogens is 230 g/mol. The maximum Gasteiger partial charge on any atom is 0.336 e. The van der Waals surface area contributed by atoms with Crippen LogP contribution in [0.1, 0.15) is 15.9 Å². The van der Waals surface area contributed by atoms with Gasteiger partial charge in [0.1, 0.15) is 10.7 Å². The Morgan fingerprint density at radius 1 is 1.40 bits per heavy atom. The van der Waals surface area contributed by atoms with Crippen LogP contribution in [0.4, 0.5) is 8.28 Å². The Hall–Kier alpha value is -1.50. The molecule has 0 aliphatic rings. The molecule has 1 N–H and O–H groups in total. The Kier molecular flexibility index (Phi) is 2.76. The summed E-state index contributed by atoms with van der Waals surface area (Å²) in [6.45, 7) is 1.16. The van der Waals surface area contributed by atoms with E-state index in [0.29, 0.717) is 12.1 Å². The minimum atomic E-state index is -5.10. The van der Waals surface area contributed by atoms with Crippen LogP contribution < -0.4 is 0 Å². The Morgan fingerprint density at radius 3 is 2.33 bits per heavy atom. The van der Waals surface area contributed by atoms with Gasteiger partial charge < -0.3 is 5.11 Å². The first-order valence-corrected chi connectivity index (χ1v) is 5.10. The summed E-state index contributed by atoms with van der Waals surface area (Å²) in [6.07, 6.45) is 0. The highest BCUT2D eigenvalue weighted by atomic mass is 32.3. The zero-order valence-electron chi connectivity index (χ0n) is 7.49. The monoisotopic (exact) mass is 236 g/mol. The van der Waals surface area contributed by atoms with Gasteiger partial charge in [-0.25, -0.2) is 9.18 Å². The first kappa shape index (κ1) is 11.6. The third-order valence-corrected chi connectivity index (χ3v) is 2.63. The van der Waals surface area contributed by atoms with Crippen LogP contribution in [0.25, 0.3) is 0 Å². The van der Waals surface area contributed by atoms with Crippen molar-refractivity contribution in [3.8, 4) is 0 Å². The molecule has 0 fully saturated rings. The molecule has 1 rings (SSSR count). The summed E-state index contributed by atoms with van der Waals surface area (Å²) in [5.74, 6) is -2.59. The van der Waals surface area contributed by atoms with Crippen molar-refractivity contribution in [3.63, 3.8) is 0 Å². The number of carboxylic acid groups (broad SMARTS) is 1. The second kappa shape index (κ2) is 3.58. The molecule has 0 aromatic heterocycles. The normalized spacial score (nSPS) is 11.4. The minimum Gasteiger partial charge on any atom is -0.478 e. The molecule has 0 spiro atoms. The van der Waals surface area contributed by atoms with Crippen molar-refractivity contribution in [2.75, 3.05) is 0 Å². The maximum atomic E-state index is 13.0. The van der Waals surface area contributed by atoms with E-state index in [-0.39, 0.29) is 5.56 Å². The molecule has 0 aliphatic carbocycles. The largest absolute Gasteiger partial charge is 0.478 e. The number of rotatable bonds is 2. The van der Waals surface area contributed by atoms with Gasteiger partial charge in [0.2, 0.25) is 0 Å². The summed E-state index contributed by atoms with van der Waals surface area (Å²) >= 11 is 0. The molecule has 82 valence electrons. The highest BCUT2D eigenvalue weighted by Gasteiger charge is 2.19. The van der Waals surface area contributed by atoms with E-state index >= 15 is 0 Å². The molecule has 0 heterocycles. The molecule has 0 saturated heterocycles. The summed E-state index contributed by atoms with van der Waals surface area (Å²) in [6, 6.07) is 1.02. The number of carbonyl (C=O) groups is 1. The molecule has 1 aromatic rings. The first-order chi connectivity index (χ1) is 6.73. The summed E-state index contributed by atoms with van der Waals surface area (Å²) in [5.41, 5.74) is -0.818. The minimum absolute atomic E-state index is 0.241. The number of hydrogen-bond donors (Lipinski definition) is 1. The zero-order chi connectivity index (χ0) is 11.8. The van der Waals surface area contributed by atoms with Gasteiger partial charge in [-0.2, -0.15) is 8.42 Å². The summed E-state index contributed by atoms with van der Waals surface area (Å²) < 4.78 is 46.4. The number of halogens is 2. The Balaban J connectivity index is 3.57. The van der Waals surface area contributed by atoms with Gasteiger partial charge in [-0.1, -0.05) is 0 Å². The van der Waals surface area contributed by atoms with Crippen molar-refractivity contribution in [2.45, 2.75) is 11.8 Å². The van der Waals surface area contributed by atoms with Crippen LogP contribution in [-0.4, -0.2) is 19.5 Å². The Bertz CT molecular complexity index is 522. The lowest BCUT2D eigenvalue weighted by Crippen LogP contribution is -2.05. The summed E-state index contributed by atoms with van der Waals surface area (Å²) in [7, 11) is -5.10. The maximum absolute atomic E-state index is 13.0. The zero-order valence-corrected chi connectivity index (χ0v) is 8.31. The predicted octanol–water partition coefficient (Wildman–Crippen LogP) is 1.49. The standard InChI is InChI=1S/C8H6F2O4S/c1-4-6(8(11)12)2-5(3-7(4)9)15(10,13)14/h2-3H,1H3,(H,11,12). The molecule has 4 nitrogen and oxygen atoms in total. The third kappa shape index (κ3) is 2.30. The van der Waals surface area contributed by atoms with Crippen LogP contribution in [-0.2, 0) is 10.2 Å². The van der Waals surface area contributed by atoms with Crippen LogP contribution in [0.2, 0.25) is 0 Å². The Morgan fingerprint density at radius 2 is 1.93 bits per heavy atom. The van der Waals surface area contributed by atoms with E-state index in [2.05, 4.69) is 0 Å². The van der Waals surface area contributed by atoms with Gasteiger partial charge in [-0.05, 0) is 24.6 Å². The van der Waals surface area contributed by atoms with Crippen LogP contribution in [0.15, 0.2) is 17.0 Å². The molecule has 0 amide bonds. The van der Waals surface area contributed by atoms with Crippen molar-refractivity contribution >= 4 is 16.2 Å². The second-order valence-electron chi connectivity index (χ2n) is 2.82. The number of hydrogen-bond acceptors (Lipinski definition) is 3. The van der Waals surface area contributed by atoms with E-state index in [1.165, 1.54) is 0 Å². The van der Waals surface area contributed by atoms with Crippen molar-refractivity contribution in [1.82, 2.24) is 0 Å². The van der Waals surface area contributed by atoms with Gasteiger partial charge in [0.25, 0.3) is 0 Å². The molecule has 0 aliphatic heterocycles. The SMILES string of the molecule is Cc1c(F)cc(S(=O)(=O)F)cc1C(=O)O. The fourth-order valence-corrected chi connectivity index (χ4v) is 1.52. The van der Waals surface area contributed by atoms with E-state index in [9.17, 15) is 21.5 Å². The van der Waals surface area contributed by atoms with Gasteiger partial charge in [0, 0.05) is 0 Å². The molecule has 0 radical (unpaired) electrons. The average Bonchev–Trinajstić information content (AvgIpc) is 2.06. The van der Waals surface area contributed by atoms with Crippen molar-refractivity contribution in [2.24, 2.45) is 0 Å². The molecule has 0 bridgehead atoms. The van der Waals surface area contributed by atoms with Gasteiger partial charge in [0.05, 0.1) is 5.56 Å². The van der Waals surface area contributed by atoms with E-state index in [1.807, 2.05) is 0 Å². The first-order valence-electron chi connectivity index (χ1n) is 3.71. The van der Waals surface area contributed by atoms with Crippen LogP contribution in [0.5, 0.6) is 0 Å². The van der Waals surface area contributed by atoms with Crippen LogP contribution >= 0.6 is 0 Å². The summed E-state index contributed by atoms with van der Waals surface area (Å²) in [5, 5.41) is 8.60. The molecule has 15 heavy (non-hydrogen) atoms. The molecule has 0 saturated carbocycles. The van der Waals surface area contributed by atoms with Crippen LogP contribution in [0, 0.1) is 12.7 Å². The molecule has 7 heteroatoms. The Labute approximate surface area is 84.4 Å². The van der Waals surface area contributed by atoms with Gasteiger partial charge in [-0.3, -0.25) is 0 Å².